The Hall–Kier alpha value is -1.27. The molecule has 7 heteroatoms. The highest BCUT2D eigenvalue weighted by Gasteiger charge is 2.40. The van der Waals surface area contributed by atoms with Gasteiger partial charge in [-0.15, -0.1) is 0 Å². The molecule has 140 valence electrons. The molecule has 1 aliphatic heterocycles. The summed E-state index contributed by atoms with van der Waals surface area (Å²) in [6, 6.07) is 7.88. The Morgan fingerprint density at radius 3 is 2.60 bits per heavy atom. The van der Waals surface area contributed by atoms with Crippen molar-refractivity contribution in [3.8, 4) is 0 Å². The van der Waals surface area contributed by atoms with E-state index in [1.165, 1.54) is 5.56 Å². The van der Waals surface area contributed by atoms with Crippen LogP contribution in [0.1, 0.15) is 32.8 Å². The smallest absolute Gasteiger partial charge is 0.193 e. The van der Waals surface area contributed by atoms with Crippen LogP contribution in [0.4, 0.5) is 0 Å². The van der Waals surface area contributed by atoms with Crippen molar-refractivity contribution < 1.29 is 8.42 Å². The van der Waals surface area contributed by atoms with Gasteiger partial charge in [0.25, 0.3) is 0 Å². The number of hydrogen-bond acceptors (Lipinski definition) is 3. The van der Waals surface area contributed by atoms with Gasteiger partial charge in [0.05, 0.1) is 10.5 Å². The second kappa shape index (κ2) is 8.41. The first-order valence-electron chi connectivity index (χ1n) is 8.75. The third kappa shape index (κ3) is 5.35. The van der Waals surface area contributed by atoms with Crippen molar-refractivity contribution in [3.05, 3.63) is 34.9 Å². The molecule has 1 fully saturated rings. The Morgan fingerprint density at radius 1 is 1.32 bits per heavy atom. The Balaban J connectivity index is 1.95. The Morgan fingerprint density at radius 2 is 2.00 bits per heavy atom. The molecule has 0 bridgehead atoms. The highest BCUT2D eigenvalue weighted by molar-refractivity contribution is 7.92. The van der Waals surface area contributed by atoms with Crippen molar-refractivity contribution in [3.63, 3.8) is 0 Å². The summed E-state index contributed by atoms with van der Waals surface area (Å²) in [5.41, 5.74) is 1.25. The van der Waals surface area contributed by atoms with Crippen LogP contribution in [0.2, 0.25) is 5.02 Å². The zero-order chi connectivity index (χ0) is 18.5. The maximum Gasteiger partial charge on any atom is 0.193 e. The van der Waals surface area contributed by atoms with Crippen molar-refractivity contribution in [1.82, 2.24) is 10.2 Å². The van der Waals surface area contributed by atoms with Gasteiger partial charge in [0.15, 0.2) is 15.8 Å². The summed E-state index contributed by atoms with van der Waals surface area (Å²) >= 11 is 5.90. The molecule has 0 spiro atoms. The monoisotopic (exact) mass is 385 g/mol. The van der Waals surface area contributed by atoms with E-state index in [4.69, 9.17) is 16.6 Å². The Labute approximate surface area is 156 Å². The summed E-state index contributed by atoms with van der Waals surface area (Å²) in [6.45, 7) is 8.04. The lowest BCUT2D eigenvalue weighted by Gasteiger charge is -2.39. The van der Waals surface area contributed by atoms with Crippen molar-refractivity contribution in [2.75, 3.05) is 31.9 Å². The molecular weight excluding hydrogens is 358 g/mol. The number of nitrogens with one attached hydrogen (secondary N) is 1. The van der Waals surface area contributed by atoms with E-state index in [0.29, 0.717) is 19.6 Å². The van der Waals surface area contributed by atoms with E-state index in [-0.39, 0.29) is 5.75 Å². The zero-order valence-electron chi connectivity index (χ0n) is 15.3. The molecule has 1 N–H and O–H groups in total. The number of aliphatic imine (C=N–C) groups is 1. The second-order valence-corrected chi connectivity index (χ2v) is 10.1. The molecule has 0 atom stereocenters. The summed E-state index contributed by atoms with van der Waals surface area (Å²) in [4.78, 5) is 6.76. The van der Waals surface area contributed by atoms with Crippen molar-refractivity contribution in [1.29, 1.82) is 0 Å². The molecule has 0 aromatic heterocycles. The van der Waals surface area contributed by atoms with E-state index in [1.54, 1.807) is 13.8 Å². The number of hydrogen-bond donors (Lipinski definition) is 1. The molecule has 0 radical (unpaired) electrons. The van der Waals surface area contributed by atoms with Crippen LogP contribution in [0.3, 0.4) is 0 Å². The molecule has 2 rings (SSSR count). The van der Waals surface area contributed by atoms with Crippen LogP contribution >= 0.6 is 11.6 Å². The van der Waals surface area contributed by atoms with Gasteiger partial charge in [0, 0.05) is 31.2 Å². The first kappa shape index (κ1) is 20.0. The average molecular weight is 386 g/mol. The van der Waals surface area contributed by atoms with E-state index in [9.17, 15) is 8.42 Å². The van der Waals surface area contributed by atoms with Gasteiger partial charge in [-0.1, -0.05) is 23.7 Å². The lowest BCUT2D eigenvalue weighted by molar-refractivity contribution is 0.353. The molecule has 0 amide bonds. The van der Waals surface area contributed by atoms with Gasteiger partial charge >= 0.3 is 0 Å². The highest BCUT2D eigenvalue weighted by Crippen LogP contribution is 2.23. The minimum absolute atomic E-state index is 0.176. The number of benzene rings is 1. The predicted octanol–water partition coefficient (Wildman–Crippen LogP) is 2.75. The van der Waals surface area contributed by atoms with Crippen molar-refractivity contribution >= 4 is 27.4 Å². The van der Waals surface area contributed by atoms with E-state index >= 15 is 0 Å². The largest absolute Gasteiger partial charge is 0.357 e. The maximum absolute atomic E-state index is 12.2. The van der Waals surface area contributed by atoms with Crippen LogP contribution in [0, 0.1) is 0 Å². The predicted molar refractivity (Wildman–Crippen MR) is 105 cm³/mol. The normalized spacial score (nSPS) is 19.7. The fourth-order valence-corrected chi connectivity index (χ4v) is 4.36. The van der Waals surface area contributed by atoms with E-state index in [1.807, 2.05) is 31.2 Å². The molecule has 0 saturated carbocycles. The quantitative estimate of drug-likeness (QED) is 0.481. The molecule has 0 unspecified atom stereocenters. The average Bonchev–Trinajstić information content (AvgIpc) is 2.55. The summed E-state index contributed by atoms with van der Waals surface area (Å²) in [6.07, 6.45) is 1.88. The summed E-state index contributed by atoms with van der Waals surface area (Å²) in [7, 11) is -3.04. The second-order valence-electron chi connectivity index (χ2n) is 6.97. The van der Waals surface area contributed by atoms with Crippen LogP contribution < -0.4 is 5.32 Å². The molecule has 1 aromatic rings. The molecule has 1 heterocycles. The first-order valence-corrected chi connectivity index (χ1v) is 10.8. The van der Waals surface area contributed by atoms with Crippen LogP contribution in [0.5, 0.6) is 0 Å². The standard InChI is InChI=1S/C18H28ClN3O2S/c1-4-20-17(22-12-13-25(23,24)18(2,3)14-22)21-11-5-6-15-7-9-16(19)10-8-15/h7-10H,4-6,11-14H2,1-3H3,(H,20,21). The van der Waals surface area contributed by atoms with E-state index in [2.05, 4.69) is 10.2 Å². The van der Waals surface area contributed by atoms with Gasteiger partial charge in [0.1, 0.15) is 0 Å². The summed E-state index contributed by atoms with van der Waals surface area (Å²) < 4.78 is 23.6. The number of aryl methyl sites for hydroxylation is 1. The molecule has 1 aromatic carbocycles. The first-order chi connectivity index (χ1) is 11.7. The third-order valence-electron chi connectivity index (χ3n) is 4.48. The van der Waals surface area contributed by atoms with E-state index < -0.39 is 14.6 Å². The molecule has 5 nitrogen and oxygen atoms in total. The van der Waals surface area contributed by atoms with Crippen LogP contribution in [-0.4, -0.2) is 56.0 Å². The van der Waals surface area contributed by atoms with E-state index in [0.717, 1.165) is 30.4 Å². The molecular formula is C18H28ClN3O2S. The Bertz CT molecular complexity index is 700. The minimum atomic E-state index is -3.04. The van der Waals surface area contributed by atoms with Crippen LogP contribution in [0.25, 0.3) is 0 Å². The maximum atomic E-state index is 12.2. The third-order valence-corrected chi connectivity index (χ3v) is 7.26. The lowest BCUT2D eigenvalue weighted by atomic mass is 10.1. The van der Waals surface area contributed by atoms with Gasteiger partial charge in [-0.05, 0) is 51.3 Å². The van der Waals surface area contributed by atoms with Gasteiger partial charge in [-0.3, -0.25) is 4.99 Å². The van der Waals surface area contributed by atoms with Crippen LogP contribution in [0.15, 0.2) is 29.3 Å². The van der Waals surface area contributed by atoms with Crippen LogP contribution in [-0.2, 0) is 16.3 Å². The fraction of sp³-hybridized carbons (Fsp3) is 0.611. The summed E-state index contributed by atoms with van der Waals surface area (Å²) in [5.74, 6) is 0.983. The highest BCUT2D eigenvalue weighted by atomic mass is 35.5. The summed E-state index contributed by atoms with van der Waals surface area (Å²) in [5, 5.41) is 4.04. The fourth-order valence-electron chi connectivity index (χ4n) is 2.87. The number of halogens is 1. The SMILES string of the molecule is CCNC(=NCCCc1ccc(Cl)cc1)N1CCS(=O)(=O)C(C)(C)C1. The molecule has 0 aliphatic carbocycles. The van der Waals surface area contributed by atoms with Gasteiger partial charge in [0.2, 0.25) is 0 Å². The lowest BCUT2D eigenvalue weighted by Crippen LogP contribution is -2.57. The van der Waals surface area contributed by atoms with Gasteiger partial charge in [-0.25, -0.2) is 8.42 Å². The zero-order valence-corrected chi connectivity index (χ0v) is 16.8. The number of sulfone groups is 1. The molecule has 1 saturated heterocycles. The number of guanidine groups is 1. The molecule has 1 aliphatic rings. The number of rotatable bonds is 5. The Kier molecular flexibility index (Phi) is 6.74. The van der Waals surface area contributed by atoms with Crippen molar-refractivity contribution in [2.45, 2.75) is 38.4 Å². The topological polar surface area (TPSA) is 61.8 Å². The van der Waals surface area contributed by atoms with Gasteiger partial charge < -0.3 is 10.2 Å². The minimum Gasteiger partial charge on any atom is -0.357 e. The molecule has 25 heavy (non-hydrogen) atoms. The van der Waals surface area contributed by atoms with Crippen molar-refractivity contribution in [2.24, 2.45) is 4.99 Å². The van der Waals surface area contributed by atoms with Gasteiger partial charge in [-0.2, -0.15) is 0 Å². The number of nitrogens with zero attached hydrogens (tertiary/aromatic N) is 2.